The van der Waals surface area contributed by atoms with E-state index < -0.39 is 0 Å². The van der Waals surface area contributed by atoms with Crippen molar-refractivity contribution in [2.75, 3.05) is 32.0 Å². The summed E-state index contributed by atoms with van der Waals surface area (Å²) in [5, 5.41) is 3.35. The van der Waals surface area contributed by atoms with E-state index in [-0.39, 0.29) is 0 Å². The summed E-state index contributed by atoms with van der Waals surface area (Å²) in [6, 6.07) is 0. The Balaban J connectivity index is 2.33. The molecule has 1 rings (SSSR count). The molecule has 0 bridgehead atoms. The van der Waals surface area contributed by atoms with Gasteiger partial charge >= 0.3 is 0 Å². The largest absolute Gasteiger partial charge is 0.382 e. The Kier molecular flexibility index (Phi) is 4.83. The summed E-state index contributed by atoms with van der Waals surface area (Å²) in [5.41, 5.74) is 2.23. The quantitative estimate of drug-likeness (QED) is 0.771. The normalized spacial score (nSPS) is 11.2. The minimum absolute atomic E-state index is 0.834. The molecule has 0 radical (unpaired) electrons. The zero-order chi connectivity index (χ0) is 11.4. The van der Waals surface area contributed by atoms with Gasteiger partial charge in [0, 0.05) is 13.1 Å². The lowest BCUT2D eigenvalue weighted by atomic mass is 10.1. The molecule has 0 saturated carbocycles. The predicted octanol–water partition coefficient (Wildman–Crippen LogP) is 3.08. The number of nitrogens with one attached hydrogen (secondary N) is 1. The van der Waals surface area contributed by atoms with Crippen molar-refractivity contribution in [2.24, 2.45) is 0 Å². The van der Waals surface area contributed by atoms with Gasteiger partial charge in [0.05, 0.1) is 14.7 Å². The van der Waals surface area contributed by atoms with Gasteiger partial charge in [-0.05, 0) is 32.5 Å². The van der Waals surface area contributed by atoms with Gasteiger partial charge in [-0.2, -0.15) is 0 Å². The molecular weight excluding hydrogens is 224 g/mol. The molecule has 1 aromatic rings. The van der Waals surface area contributed by atoms with E-state index in [0.717, 1.165) is 39.9 Å². The van der Waals surface area contributed by atoms with Gasteiger partial charge in [-0.1, -0.05) is 31.4 Å². The fourth-order valence-electron chi connectivity index (χ4n) is 1.58. The van der Waals surface area contributed by atoms with Crippen LogP contribution in [0, 0.1) is 15.9 Å². The van der Waals surface area contributed by atoms with Gasteiger partial charge in [0.15, 0.2) is 0 Å². The lowest BCUT2D eigenvalue weighted by Gasteiger charge is -2.18. The van der Waals surface area contributed by atoms with E-state index in [1.54, 1.807) is 0 Å². The van der Waals surface area contributed by atoms with Crippen LogP contribution < -0.4 is 5.32 Å². The molecule has 4 heteroatoms. The highest BCUT2D eigenvalue weighted by Crippen LogP contribution is 2.24. The molecule has 84 valence electrons. The van der Waals surface area contributed by atoms with E-state index in [9.17, 15) is 0 Å². The first-order chi connectivity index (χ1) is 7.07. The predicted molar refractivity (Wildman–Crippen MR) is 71.5 cm³/mol. The Hall–Kier alpha value is -0.320. The highest BCUT2D eigenvalue weighted by molar-refractivity contribution is 7.74. The summed E-state index contributed by atoms with van der Waals surface area (Å²) in [6.07, 6.45) is 1.20. The number of likely N-dealkylation sites (N-methyl/N-ethyl adjacent to an activating group) is 1. The first kappa shape index (κ1) is 12.7. The standard InChI is InChI=1S/C11H18N2S2/c1-4-6-13(3)7-5-12-9-8(2)10(14)11(9)15/h12H,4-7H2,1-3H3. The third kappa shape index (κ3) is 3.06. The van der Waals surface area contributed by atoms with E-state index in [4.69, 9.17) is 24.4 Å². The van der Waals surface area contributed by atoms with E-state index >= 15 is 0 Å². The summed E-state index contributed by atoms with van der Waals surface area (Å²) in [6.45, 7) is 7.33. The maximum atomic E-state index is 5.16. The zero-order valence-electron chi connectivity index (χ0n) is 9.59. The molecule has 0 aromatic heterocycles. The highest BCUT2D eigenvalue weighted by atomic mass is 32.1. The number of hydrogen-bond acceptors (Lipinski definition) is 4. The van der Waals surface area contributed by atoms with Crippen LogP contribution in [0.3, 0.4) is 0 Å². The molecule has 1 aromatic carbocycles. The molecule has 0 saturated heterocycles. The van der Waals surface area contributed by atoms with Gasteiger partial charge in [-0.15, -0.1) is 0 Å². The summed E-state index contributed by atoms with van der Waals surface area (Å²) < 4.78 is 1.69. The Morgan fingerprint density at radius 1 is 1.20 bits per heavy atom. The van der Waals surface area contributed by atoms with Crippen molar-refractivity contribution in [2.45, 2.75) is 20.3 Å². The smallest absolute Gasteiger partial charge is 0.0795 e. The maximum Gasteiger partial charge on any atom is 0.0795 e. The molecule has 0 fully saturated rings. The van der Waals surface area contributed by atoms with Crippen molar-refractivity contribution >= 4 is 30.1 Å². The van der Waals surface area contributed by atoms with E-state index in [1.165, 1.54) is 6.42 Å². The fraction of sp³-hybridized carbons (Fsp3) is 0.636. The van der Waals surface area contributed by atoms with E-state index in [2.05, 4.69) is 24.2 Å². The van der Waals surface area contributed by atoms with Crippen molar-refractivity contribution in [1.29, 1.82) is 0 Å². The summed E-state index contributed by atoms with van der Waals surface area (Å²) in [5.74, 6) is 0. The molecular formula is C11H18N2S2. The van der Waals surface area contributed by atoms with Crippen molar-refractivity contribution in [3.63, 3.8) is 0 Å². The first-order valence-corrected chi connectivity index (χ1v) is 6.12. The molecule has 15 heavy (non-hydrogen) atoms. The van der Waals surface area contributed by atoms with Crippen LogP contribution in [0.5, 0.6) is 0 Å². The molecule has 0 atom stereocenters. The second kappa shape index (κ2) is 5.68. The average molecular weight is 242 g/mol. The SMILES string of the molecule is CCCN(C)CCNc1c(C)c(=S)c1=S. The summed E-state index contributed by atoms with van der Waals surface area (Å²) in [7, 11) is 2.14. The number of nitrogens with zero attached hydrogens (tertiary/aromatic N) is 1. The van der Waals surface area contributed by atoms with Crippen LogP contribution in [-0.2, 0) is 0 Å². The van der Waals surface area contributed by atoms with Crippen molar-refractivity contribution in [3.8, 4) is 0 Å². The van der Waals surface area contributed by atoms with Crippen LogP contribution in [0.2, 0.25) is 0 Å². The van der Waals surface area contributed by atoms with Gasteiger partial charge in [0.2, 0.25) is 0 Å². The van der Waals surface area contributed by atoms with Crippen molar-refractivity contribution in [3.05, 3.63) is 14.6 Å². The van der Waals surface area contributed by atoms with Gasteiger partial charge in [0.1, 0.15) is 0 Å². The minimum Gasteiger partial charge on any atom is -0.382 e. The molecule has 0 spiro atoms. The molecule has 0 amide bonds. The second-order valence-electron chi connectivity index (χ2n) is 3.89. The number of hydrogen-bond donors (Lipinski definition) is 1. The Labute approximate surface area is 102 Å². The minimum atomic E-state index is 0.834. The van der Waals surface area contributed by atoms with E-state index in [1.807, 2.05) is 6.92 Å². The molecule has 0 aliphatic heterocycles. The topological polar surface area (TPSA) is 15.3 Å². The van der Waals surface area contributed by atoms with Crippen molar-refractivity contribution < 1.29 is 0 Å². The van der Waals surface area contributed by atoms with Gasteiger partial charge in [-0.3, -0.25) is 0 Å². The molecule has 0 heterocycles. The Morgan fingerprint density at radius 3 is 2.40 bits per heavy atom. The molecule has 0 aliphatic carbocycles. The monoisotopic (exact) mass is 242 g/mol. The third-order valence-electron chi connectivity index (χ3n) is 2.55. The van der Waals surface area contributed by atoms with E-state index in [0.29, 0.717) is 0 Å². The molecule has 1 N–H and O–H groups in total. The van der Waals surface area contributed by atoms with Crippen LogP contribution in [-0.4, -0.2) is 31.6 Å². The Bertz CT molecular complexity index is 391. The molecule has 2 nitrogen and oxygen atoms in total. The van der Waals surface area contributed by atoms with Crippen LogP contribution in [0.15, 0.2) is 0 Å². The maximum absolute atomic E-state index is 5.16. The van der Waals surface area contributed by atoms with Crippen LogP contribution >= 0.6 is 24.4 Å². The number of rotatable bonds is 6. The molecule has 0 unspecified atom stereocenters. The Morgan fingerprint density at radius 2 is 1.87 bits per heavy atom. The van der Waals surface area contributed by atoms with Crippen molar-refractivity contribution in [1.82, 2.24) is 4.90 Å². The zero-order valence-corrected chi connectivity index (χ0v) is 11.2. The lowest BCUT2D eigenvalue weighted by molar-refractivity contribution is 0.348. The average Bonchev–Trinajstić information content (AvgIpc) is 2.23. The highest BCUT2D eigenvalue weighted by Gasteiger charge is 2.09. The summed E-state index contributed by atoms with van der Waals surface area (Å²) >= 11 is 10.3. The van der Waals surface area contributed by atoms with Gasteiger partial charge in [0.25, 0.3) is 0 Å². The first-order valence-electron chi connectivity index (χ1n) is 5.30. The van der Waals surface area contributed by atoms with Gasteiger partial charge < -0.3 is 10.2 Å². The summed E-state index contributed by atoms with van der Waals surface area (Å²) in [4.78, 5) is 2.31. The van der Waals surface area contributed by atoms with Crippen LogP contribution in [0.1, 0.15) is 18.9 Å². The van der Waals surface area contributed by atoms with Crippen LogP contribution in [0.25, 0.3) is 0 Å². The fourth-order valence-corrected chi connectivity index (χ4v) is 2.17. The van der Waals surface area contributed by atoms with Gasteiger partial charge in [-0.25, -0.2) is 0 Å². The number of anilines is 1. The third-order valence-corrected chi connectivity index (χ3v) is 3.60. The lowest BCUT2D eigenvalue weighted by Crippen LogP contribution is -2.26. The second-order valence-corrected chi connectivity index (χ2v) is 4.70. The van der Waals surface area contributed by atoms with Crippen LogP contribution in [0.4, 0.5) is 5.69 Å². The molecule has 0 aliphatic rings.